The molecule has 0 N–H and O–H groups in total. The van der Waals surface area contributed by atoms with Gasteiger partial charge in [0.15, 0.2) is 5.78 Å². The van der Waals surface area contributed by atoms with Gasteiger partial charge >= 0.3 is 0 Å². The maximum absolute atomic E-state index is 11.8. The first kappa shape index (κ1) is 9.80. The van der Waals surface area contributed by atoms with Crippen LogP contribution in [0.25, 0.3) is 0 Å². The molecule has 1 aromatic heterocycles. The van der Waals surface area contributed by atoms with Crippen molar-refractivity contribution >= 4 is 21.7 Å². The number of rotatable bonds is 2. The summed E-state index contributed by atoms with van der Waals surface area (Å²) in [6, 6.07) is 3.57. The minimum Gasteiger partial charge on any atom is -0.381 e. The highest BCUT2D eigenvalue weighted by atomic mass is 79.9. The molecule has 1 aromatic rings. The summed E-state index contributed by atoms with van der Waals surface area (Å²) in [4.78, 5) is 15.9. The molecule has 1 aliphatic rings. The second kappa shape index (κ2) is 4.19. The molecule has 1 fully saturated rings. The van der Waals surface area contributed by atoms with Crippen molar-refractivity contribution in [1.82, 2.24) is 4.98 Å². The molecule has 0 amide bonds. The summed E-state index contributed by atoms with van der Waals surface area (Å²) in [6.45, 7) is 1.23. The third-order valence-electron chi connectivity index (χ3n) is 2.28. The van der Waals surface area contributed by atoms with Gasteiger partial charge in [-0.1, -0.05) is 0 Å². The third-order valence-corrected chi connectivity index (χ3v) is 2.75. The predicted octanol–water partition coefficient (Wildman–Crippen LogP) is 2.06. The van der Waals surface area contributed by atoms with Crippen molar-refractivity contribution in [2.45, 2.75) is 6.42 Å². The smallest absolute Gasteiger partial charge is 0.186 e. The average Bonchev–Trinajstić information content (AvgIpc) is 2.71. The van der Waals surface area contributed by atoms with E-state index in [1.807, 2.05) is 6.07 Å². The maximum atomic E-state index is 11.8. The van der Waals surface area contributed by atoms with Gasteiger partial charge in [0.05, 0.1) is 6.61 Å². The molecule has 0 aromatic carbocycles. The van der Waals surface area contributed by atoms with Crippen molar-refractivity contribution in [2.24, 2.45) is 5.92 Å². The van der Waals surface area contributed by atoms with Crippen LogP contribution in [-0.2, 0) is 4.74 Å². The van der Waals surface area contributed by atoms with Gasteiger partial charge in [-0.25, -0.2) is 0 Å². The van der Waals surface area contributed by atoms with Crippen LogP contribution in [0.4, 0.5) is 0 Å². The Labute approximate surface area is 90.6 Å². The second-order valence-corrected chi connectivity index (χ2v) is 4.20. The predicted molar refractivity (Wildman–Crippen MR) is 55.2 cm³/mol. The van der Waals surface area contributed by atoms with Gasteiger partial charge in [0.25, 0.3) is 0 Å². The number of ether oxygens (including phenoxy) is 1. The summed E-state index contributed by atoms with van der Waals surface area (Å²) in [5.41, 5.74) is 0.531. The lowest BCUT2D eigenvalue weighted by Crippen LogP contribution is -2.15. The Morgan fingerprint density at radius 1 is 1.57 bits per heavy atom. The van der Waals surface area contributed by atoms with Crippen molar-refractivity contribution in [3.8, 4) is 0 Å². The molecule has 2 heterocycles. The summed E-state index contributed by atoms with van der Waals surface area (Å²) in [5, 5.41) is 0. The molecule has 1 atom stereocenters. The first-order valence-corrected chi connectivity index (χ1v) is 5.30. The van der Waals surface area contributed by atoms with E-state index in [0.717, 1.165) is 10.9 Å². The van der Waals surface area contributed by atoms with E-state index >= 15 is 0 Å². The van der Waals surface area contributed by atoms with Gasteiger partial charge in [0.2, 0.25) is 0 Å². The van der Waals surface area contributed by atoms with Crippen LogP contribution in [-0.4, -0.2) is 24.0 Å². The SMILES string of the molecule is O=C(c1ccc(Br)cn1)C1CCOC1. The van der Waals surface area contributed by atoms with E-state index in [9.17, 15) is 4.79 Å². The second-order valence-electron chi connectivity index (χ2n) is 3.29. The first-order chi connectivity index (χ1) is 6.77. The lowest BCUT2D eigenvalue weighted by atomic mass is 10.0. The molecule has 0 spiro atoms. The Balaban J connectivity index is 2.14. The van der Waals surface area contributed by atoms with Gasteiger partial charge in [-0.05, 0) is 34.5 Å². The molecule has 14 heavy (non-hydrogen) atoms. The van der Waals surface area contributed by atoms with E-state index < -0.39 is 0 Å². The van der Waals surface area contributed by atoms with E-state index in [1.54, 1.807) is 12.3 Å². The molecule has 1 unspecified atom stereocenters. The third kappa shape index (κ3) is 2.01. The van der Waals surface area contributed by atoms with Crippen LogP contribution in [0.1, 0.15) is 16.9 Å². The van der Waals surface area contributed by atoms with E-state index in [-0.39, 0.29) is 11.7 Å². The van der Waals surface area contributed by atoms with E-state index in [1.165, 1.54) is 0 Å². The lowest BCUT2D eigenvalue weighted by molar-refractivity contribution is 0.0895. The summed E-state index contributed by atoms with van der Waals surface area (Å²) in [5.74, 6) is 0.0960. The zero-order chi connectivity index (χ0) is 9.97. The average molecular weight is 256 g/mol. The quantitative estimate of drug-likeness (QED) is 0.760. The van der Waals surface area contributed by atoms with Crippen LogP contribution in [0.15, 0.2) is 22.8 Å². The highest BCUT2D eigenvalue weighted by Crippen LogP contribution is 2.18. The minimum absolute atomic E-state index is 0.00340. The Morgan fingerprint density at radius 2 is 2.43 bits per heavy atom. The fourth-order valence-corrected chi connectivity index (χ4v) is 1.71. The number of carbonyl (C=O) groups excluding carboxylic acids is 1. The molecule has 74 valence electrons. The van der Waals surface area contributed by atoms with Gasteiger partial charge in [-0.2, -0.15) is 0 Å². The summed E-state index contributed by atoms with van der Waals surface area (Å²) < 4.78 is 6.05. The van der Waals surface area contributed by atoms with E-state index in [0.29, 0.717) is 18.9 Å². The number of Topliss-reactive ketones (excluding diaryl/α,β-unsaturated/α-hetero) is 1. The van der Waals surface area contributed by atoms with Gasteiger partial charge in [0, 0.05) is 23.2 Å². The van der Waals surface area contributed by atoms with Gasteiger partial charge < -0.3 is 4.74 Å². The zero-order valence-electron chi connectivity index (χ0n) is 7.57. The molecule has 0 bridgehead atoms. The topological polar surface area (TPSA) is 39.2 Å². The van der Waals surface area contributed by atoms with Crippen LogP contribution >= 0.6 is 15.9 Å². The molecule has 1 aliphatic heterocycles. The highest BCUT2D eigenvalue weighted by molar-refractivity contribution is 9.10. The molecule has 0 saturated carbocycles. The number of aromatic nitrogens is 1. The number of halogens is 1. The van der Waals surface area contributed by atoms with Crippen molar-refractivity contribution < 1.29 is 9.53 Å². The highest BCUT2D eigenvalue weighted by Gasteiger charge is 2.25. The number of hydrogen-bond donors (Lipinski definition) is 0. The van der Waals surface area contributed by atoms with E-state index in [2.05, 4.69) is 20.9 Å². The summed E-state index contributed by atoms with van der Waals surface area (Å²) >= 11 is 3.28. The van der Waals surface area contributed by atoms with Gasteiger partial charge in [0.1, 0.15) is 5.69 Å². The fourth-order valence-electron chi connectivity index (χ4n) is 1.47. The summed E-state index contributed by atoms with van der Waals surface area (Å²) in [7, 11) is 0. The normalized spacial score (nSPS) is 21.1. The Morgan fingerprint density at radius 3 is 3.00 bits per heavy atom. The van der Waals surface area contributed by atoms with Crippen LogP contribution < -0.4 is 0 Å². The van der Waals surface area contributed by atoms with Crippen LogP contribution in [0.3, 0.4) is 0 Å². The maximum Gasteiger partial charge on any atom is 0.186 e. The fraction of sp³-hybridized carbons (Fsp3) is 0.400. The monoisotopic (exact) mass is 255 g/mol. The standard InChI is InChI=1S/C10H10BrNO2/c11-8-1-2-9(12-5-8)10(13)7-3-4-14-6-7/h1-2,5,7H,3-4,6H2. The molecular formula is C10H10BrNO2. The van der Waals surface area contributed by atoms with Crippen LogP contribution in [0, 0.1) is 5.92 Å². The number of pyridine rings is 1. The van der Waals surface area contributed by atoms with Crippen LogP contribution in [0.2, 0.25) is 0 Å². The first-order valence-electron chi connectivity index (χ1n) is 4.51. The molecular weight excluding hydrogens is 246 g/mol. The minimum atomic E-state index is 0.00340. The molecule has 1 saturated heterocycles. The summed E-state index contributed by atoms with van der Waals surface area (Å²) in [6.07, 6.45) is 2.46. The van der Waals surface area contributed by atoms with Crippen molar-refractivity contribution in [3.05, 3.63) is 28.5 Å². The van der Waals surface area contributed by atoms with Crippen molar-refractivity contribution in [1.29, 1.82) is 0 Å². The zero-order valence-corrected chi connectivity index (χ0v) is 9.16. The van der Waals surface area contributed by atoms with Gasteiger partial charge in [-0.15, -0.1) is 0 Å². The van der Waals surface area contributed by atoms with E-state index in [4.69, 9.17) is 4.74 Å². The molecule has 0 radical (unpaired) electrons. The largest absolute Gasteiger partial charge is 0.381 e. The lowest BCUT2D eigenvalue weighted by Gasteiger charge is -2.04. The molecule has 2 rings (SSSR count). The number of ketones is 1. The van der Waals surface area contributed by atoms with Crippen LogP contribution in [0.5, 0.6) is 0 Å². The van der Waals surface area contributed by atoms with Crippen molar-refractivity contribution in [2.75, 3.05) is 13.2 Å². The van der Waals surface area contributed by atoms with Crippen molar-refractivity contribution in [3.63, 3.8) is 0 Å². The number of hydrogen-bond acceptors (Lipinski definition) is 3. The molecule has 4 heteroatoms. The Hall–Kier alpha value is -0.740. The van der Waals surface area contributed by atoms with Gasteiger partial charge in [-0.3, -0.25) is 9.78 Å². The molecule has 0 aliphatic carbocycles. The number of nitrogens with zero attached hydrogens (tertiary/aromatic N) is 1. The number of carbonyl (C=O) groups is 1. The Bertz CT molecular complexity index is 330. The molecule has 3 nitrogen and oxygen atoms in total. The Kier molecular flexibility index (Phi) is 2.93.